The summed E-state index contributed by atoms with van der Waals surface area (Å²) >= 11 is 0. The fraction of sp³-hybridized carbons (Fsp3) is 0.263. The largest absolute Gasteiger partial charge is 0.351 e. The van der Waals surface area contributed by atoms with Gasteiger partial charge < -0.3 is 15.2 Å². The number of hydrogen-bond acceptors (Lipinski definition) is 3. The van der Waals surface area contributed by atoms with E-state index in [1.807, 2.05) is 68.4 Å². The van der Waals surface area contributed by atoms with Crippen LogP contribution in [0.2, 0.25) is 0 Å². The molecule has 0 fully saturated rings. The molecule has 0 spiro atoms. The Labute approximate surface area is 166 Å². The summed E-state index contributed by atoms with van der Waals surface area (Å²) in [4.78, 5) is 22.6. The number of halogens is 2. The maximum absolute atomic E-state index is 12.5. The molecule has 0 aliphatic rings. The van der Waals surface area contributed by atoms with Gasteiger partial charge in [-0.2, -0.15) is 0 Å². The third-order valence-corrected chi connectivity index (χ3v) is 3.98. The van der Waals surface area contributed by atoms with Gasteiger partial charge in [-0.1, -0.05) is 36.4 Å². The number of imidazole rings is 1. The number of aromatic amines is 1. The molecule has 0 saturated heterocycles. The fourth-order valence-electron chi connectivity index (χ4n) is 2.63. The Hall–Kier alpha value is -2.08. The van der Waals surface area contributed by atoms with Crippen molar-refractivity contribution in [2.75, 3.05) is 27.2 Å². The molecule has 0 radical (unpaired) electrons. The highest BCUT2D eigenvalue weighted by Crippen LogP contribution is 2.25. The number of carbonyl (C=O) groups excluding carboxylic acids is 1. The number of rotatable bonds is 5. The number of benzene rings is 2. The van der Waals surface area contributed by atoms with Crippen molar-refractivity contribution in [3.05, 3.63) is 53.6 Å². The lowest BCUT2D eigenvalue weighted by molar-refractivity contribution is 0.0952. The first-order chi connectivity index (χ1) is 11.6. The summed E-state index contributed by atoms with van der Waals surface area (Å²) in [5.41, 5.74) is 4.31. The van der Waals surface area contributed by atoms with E-state index in [9.17, 15) is 4.79 Å². The average molecular weight is 395 g/mol. The van der Waals surface area contributed by atoms with Crippen LogP contribution in [-0.4, -0.2) is 48.0 Å². The quantitative estimate of drug-likeness (QED) is 0.693. The van der Waals surface area contributed by atoms with Crippen LogP contribution in [0.1, 0.15) is 15.9 Å². The van der Waals surface area contributed by atoms with Crippen LogP contribution >= 0.6 is 24.8 Å². The number of likely N-dealkylation sites (N-methyl/N-ethyl adjacent to an activating group) is 1. The van der Waals surface area contributed by atoms with Crippen molar-refractivity contribution in [2.45, 2.75) is 6.92 Å². The van der Waals surface area contributed by atoms with Gasteiger partial charge in [-0.05, 0) is 32.6 Å². The molecule has 2 N–H and O–H groups in total. The smallest absolute Gasteiger partial charge is 0.253 e. The minimum atomic E-state index is -0.0786. The molecular formula is C19H24Cl2N4O. The van der Waals surface area contributed by atoms with Crippen LogP contribution in [0.3, 0.4) is 0 Å². The van der Waals surface area contributed by atoms with Crippen molar-refractivity contribution in [3.63, 3.8) is 0 Å². The van der Waals surface area contributed by atoms with Crippen LogP contribution in [0.4, 0.5) is 0 Å². The lowest BCUT2D eigenvalue weighted by Gasteiger charge is -2.11. The van der Waals surface area contributed by atoms with E-state index in [0.717, 1.165) is 34.5 Å². The molecule has 0 atom stereocenters. The molecule has 3 rings (SSSR count). The maximum atomic E-state index is 12.5. The molecule has 0 aliphatic heterocycles. The summed E-state index contributed by atoms with van der Waals surface area (Å²) in [5.74, 6) is 0.701. The van der Waals surface area contributed by atoms with Gasteiger partial charge in [0.25, 0.3) is 5.91 Å². The van der Waals surface area contributed by atoms with Crippen LogP contribution in [-0.2, 0) is 0 Å². The van der Waals surface area contributed by atoms with Crippen LogP contribution in [0.25, 0.3) is 22.4 Å². The molecule has 1 heterocycles. The zero-order valence-electron chi connectivity index (χ0n) is 15.1. The minimum Gasteiger partial charge on any atom is -0.351 e. The molecule has 1 amide bonds. The Morgan fingerprint density at radius 2 is 1.81 bits per heavy atom. The van der Waals surface area contributed by atoms with Crippen molar-refractivity contribution in [1.82, 2.24) is 20.2 Å². The van der Waals surface area contributed by atoms with E-state index in [1.165, 1.54) is 0 Å². The molecule has 5 nitrogen and oxygen atoms in total. The number of carbonyl (C=O) groups is 1. The Morgan fingerprint density at radius 1 is 1.12 bits per heavy atom. The van der Waals surface area contributed by atoms with Gasteiger partial charge in [-0.25, -0.2) is 4.98 Å². The zero-order chi connectivity index (χ0) is 17.1. The van der Waals surface area contributed by atoms with E-state index >= 15 is 0 Å². The second-order valence-electron chi connectivity index (χ2n) is 6.16. The monoisotopic (exact) mass is 394 g/mol. The van der Waals surface area contributed by atoms with E-state index < -0.39 is 0 Å². The average Bonchev–Trinajstić information content (AvgIpc) is 3.01. The number of amides is 1. The molecule has 0 saturated carbocycles. The predicted molar refractivity (Wildman–Crippen MR) is 112 cm³/mol. The molecule has 0 bridgehead atoms. The lowest BCUT2D eigenvalue weighted by atomic mass is 10.1. The molecule has 140 valence electrons. The molecule has 3 aromatic rings. The molecule has 1 aromatic heterocycles. The Balaban J connectivity index is 0.00000169. The number of hydrogen-bond donors (Lipinski definition) is 2. The first kappa shape index (κ1) is 22.0. The number of nitrogens with one attached hydrogen (secondary N) is 2. The highest BCUT2D eigenvalue weighted by atomic mass is 35.5. The normalized spacial score (nSPS) is 10.3. The number of nitrogens with zero attached hydrogens (tertiary/aromatic N) is 2. The first-order valence-electron chi connectivity index (χ1n) is 8.04. The van der Waals surface area contributed by atoms with Gasteiger partial charge in [0.05, 0.1) is 16.6 Å². The van der Waals surface area contributed by atoms with Gasteiger partial charge in [0.1, 0.15) is 5.82 Å². The Morgan fingerprint density at radius 3 is 2.46 bits per heavy atom. The fourth-order valence-corrected chi connectivity index (χ4v) is 2.63. The van der Waals surface area contributed by atoms with Crippen molar-refractivity contribution >= 4 is 41.8 Å². The van der Waals surface area contributed by atoms with Crippen LogP contribution in [0, 0.1) is 6.92 Å². The summed E-state index contributed by atoms with van der Waals surface area (Å²) in [6, 6.07) is 13.7. The minimum absolute atomic E-state index is 0. The van der Waals surface area contributed by atoms with Crippen molar-refractivity contribution in [3.8, 4) is 11.4 Å². The summed E-state index contributed by atoms with van der Waals surface area (Å²) < 4.78 is 0. The van der Waals surface area contributed by atoms with Crippen LogP contribution < -0.4 is 5.32 Å². The highest BCUT2D eigenvalue weighted by molar-refractivity contribution is 6.06. The number of aryl methyl sites for hydroxylation is 1. The van der Waals surface area contributed by atoms with E-state index in [0.29, 0.717) is 12.1 Å². The number of fused-ring (bicyclic) bond motifs is 1. The zero-order valence-corrected chi connectivity index (χ0v) is 16.7. The molecule has 2 aromatic carbocycles. The number of H-pyrrole nitrogens is 1. The van der Waals surface area contributed by atoms with Crippen molar-refractivity contribution in [1.29, 1.82) is 0 Å². The SMILES string of the molecule is Cc1ccc(C(=O)NCCN(C)C)c2[nH]c(-c3ccccc3)nc12.Cl.Cl. The molecular weight excluding hydrogens is 371 g/mol. The summed E-state index contributed by atoms with van der Waals surface area (Å²) in [5, 5.41) is 2.96. The van der Waals surface area contributed by atoms with E-state index in [4.69, 9.17) is 4.98 Å². The third-order valence-electron chi connectivity index (χ3n) is 3.98. The summed E-state index contributed by atoms with van der Waals surface area (Å²) in [7, 11) is 3.97. The van der Waals surface area contributed by atoms with Gasteiger partial charge in [0.15, 0.2) is 0 Å². The van der Waals surface area contributed by atoms with Gasteiger partial charge in [-0.3, -0.25) is 4.79 Å². The van der Waals surface area contributed by atoms with Gasteiger partial charge in [0.2, 0.25) is 0 Å². The van der Waals surface area contributed by atoms with Gasteiger partial charge in [0, 0.05) is 18.7 Å². The number of aromatic nitrogens is 2. The van der Waals surface area contributed by atoms with Crippen LogP contribution in [0.15, 0.2) is 42.5 Å². The molecule has 26 heavy (non-hydrogen) atoms. The van der Waals surface area contributed by atoms with Crippen LogP contribution in [0.5, 0.6) is 0 Å². The third kappa shape index (κ3) is 4.75. The second-order valence-corrected chi connectivity index (χ2v) is 6.16. The van der Waals surface area contributed by atoms with E-state index in [1.54, 1.807) is 0 Å². The topological polar surface area (TPSA) is 61.0 Å². The predicted octanol–water partition coefficient (Wildman–Crippen LogP) is 3.67. The first-order valence-corrected chi connectivity index (χ1v) is 8.04. The van der Waals surface area contributed by atoms with Gasteiger partial charge in [-0.15, -0.1) is 24.8 Å². The maximum Gasteiger partial charge on any atom is 0.253 e. The standard InChI is InChI=1S/C19H22N4O.2ClH/c1-13-9-10-15(19(24)20-11-12-23(2)3)17-16(13)21-18(22-17)14-7-5-4-6-8-14;;/h4-10H,11-12H2,1-3H3,(H,20,24)(H,21,22);2*1H. The summed E-state index contributed by atoms with van der Waals surface area (Å²) in [6.45, 7) is 3.42. The highest BCUT2D eigenvalue weighted by Gasteiger charge is 2.15. The van der Waals surface area contributed by atoms with E-state index in [2.05, 4.69) is 10.3 Å². The van der Waals surface area contributed by atoms with Crippen molar-refractivity contribution in [2.24, 2.45) is 0 Å². The Kier molecular flexibility index (Phi) is 8.08. The Bertz CT molecular complexity index is 863. The molecule has 7 heteroatoms. The van der Waals surface area contributed by atoms with Gasteiger partial charge >= 0.3 is 0 Å². The lowest BCUT2D eigenvalue weighted by Crippen LogP contribution is -2.31. The molecule has 0 aliphatic carbocycles. The van der Waals surface area contributed by atoms with E-state index in [-0.39, 0.29) is 30.7 Å². The van der Waals surface area contributed by atoms with Crippen molar-refractivity contribution < 1.29 is 4.79 Å². The summed E-state index contributed by atoms with van der Waals surface area (Å²) in [6.07, 6.45) is 0. The molecule has 0 unspecified atom stereocenters. The second kappa shape index (κ2) is 9.57.